The van der Waals surface area contributed by atoms with Gasteiger partial charge in [0.2, 0.25) is 0 Å². The lowest BCUT2D eigenvalue weighted by Gasteiger charge is -2.16. The van der Waals surface area contributed by atoms with Crippen LogP contribution < -0.4 is 4.90 Å². The summed E-state index contributed by atoms with van der Waals surface area (Å²) in [5.74, 6) is 0.694. The Morgan fingerprint density at radius 1 is 1.69 bits per heavy atom. The summed E-state index contributed by atoms with van der Waals surface area (Å²) in [5, 5.41) is 20.0. The van der Waals surface area contributed by atoms with Crippen LogP contribution in [0.3, 0.4) is 0 Å². The minimum absolute atomic E-state index is 0.0310. The van der Waals surface area contributed by atoms with Crippen molar-refractivity contribution in [2.24, 2.45) is 0 Å². The molecule has 0 unspecified atom stereocenters. The summed E-state index contributed by atoms with van der Waals surface area (Å²) in [6, 6.07) is 1.69. The van der Waals surface area contributed by atoms with Gasteiger partial charge in [0.25, 0.3) is 5.69 Å². The second-order valence-corrected chi connectivity index (χ2v) is 3.97. The van der Waals surface area contributed by atoms with Gasteiger partial charge in [0, 0.05) is 18.7 Å². The Kier molecular flexibility index (Phi) is 2.74. The van der Waals surface area contributed by atoms with Crippen LogP contribution >= 0.6 is 0 Å². The van der Waals surface area contributed by atoms with Gasteiger partial charge in [-0.15, -0.1) is 0 Å². The molecule has 6 nitrogen and oxygen atoms in total. The zero-order valence-corrected chi connectivity index (χ0v) is 8.96. The Labute approximate surface area is 92.7 Å². The molecular formula is C10H13N3O3. The van der Waals surface area contributed by atoms with Crippen LogP contribution in [0.1, 0.15) is 12.0 Å². The van der Waals surface area contributed by atoms with Crippen LogP contribution in [0.2, 0.25) is 0 Å². The van der Waals surface area contributed by atoms with Crippen molar-refractivity contribution in [1.29, 1.82) is 0 Å². The van der Waals surface area contributed by atoms with E-state index >= 15 is 0 Å². The number of aliphatic hydroxyl groups excluding tert-OH is 1. The van der Waals surface area contributed by atoms with E-state index in [2.05, 4.69) is 4.98 Å². The lowest BCUT2D eigenvalue weighted by atomic mass is 10.2. The van der Waals surface area contributed by atoms with E-state index in [0.29, 0.717) is 17.9 Å². The fraction of sp³-hybridized carbons (Fsp3) is 0.500. The molecule has 0 bridgehead atoms. The highest BCUT2D eigenvalue weighted by atomic mass is 16.6. The first-order valence-electron chi connectivity index (χ1n) is 5.12. The number of β-amino-alcohol motifs (C(OH)–C–C–N with tert-alkyl or cyclic N) is 1. The number of rotatable bonds is 2. The van der Waals surface area contributed by atoms with Crippen molar-refractivity contribution in [3.05, 3.63) is 27.9 Å². The molecule has 86 valence electrons. The third-order valence-electron chi connectivity index (χ3n) is 2.75. The van der Waals surface area contributed by atoms with Crippen molar-refractivity contribution >= 4 is 11.5 Å². The van der Waals surface area contributed by atoms with E-state index in [1.165, 1.54) is 6.20 Å². The summed E-state index contributed by atoms with van der Waals surface area (Å²) < 4.78 is 0. The Hall–Kier alpha value is -1.69. The fourth-order valence-electron chi connectivity index (χ4n) is 1.85. The second kappa shape index (κ2) is 4.05. The van der Waals surface area contributed by atoms with Gasteiger partial charge in [-0.2, -0.15) is 0 Å². The summed E-state index contributed by atoms with van der Waals surface area (Å²) in [6.45, 7) is 2.98. The first-order valence-corrected chi connectivity index (χ1v) is 5.12. The molecular weight excluding hydrogens is 210 g/mol. The number of pyridine rings is 1. The molecule has 6 heteroatoms. The zero-order valence-electron chi connectivity index (χ0n) is 8.96. The predicted octanol–water partition coefficient (Wildman–Crippen LogP) is 0.869. The van der Waals surface area contributed by atoms with Crippen LogP contribution in [0.15, 0.2) is 12.3 Å². The molecule has 1 fully saturated rings. The van der Waals surface area contributed by atoms with Crippen molar-refractivity contribution in [2.75, 3.05) is 18.0 Å². The largest absolute Gasteiger partial charge is 0.391 e. The number of hydrogen-bond donors (Lipinski definition) is 1. The van der Waals surface area contributed by atoms with E-state index in [0.717, 1.165) is 13.0 Å². The van der Waals surface area contributed by atoms with Gasteiger partial charge < -0.3 is 10.0 Å². The molecule has 16 heavy (non-hydrogen) atoms. The maximum atomic E-state index is 10.6. The summed E-state index contributed by atoms with van der Waals surface area (Å²) in [5.41, 5.74) is 0.625. The summed E-state index contributed by atoms with van der Waals surface area (Å²) in [6.07, 6.45) is 1.67. The Bertz CT molecular complexity index is 422. The maximum absolute atomic E-state index is 10.6. The van der Waals surface area contributed by atoms with Gasteiger partial charge in [0.05, 0.1) is 11.0 Å². The predicted molar refractivity (Wildman–Crippen MR) is 58.5 cm³/mol. The number of aryl methyl sites for hydroxylation is 1. The number of aromatic nitrogens is 1. The standard InChI is InChI=1S/C10H13N3O3/c1-7-4-10(11-5-9(7)13(15)16)12-3-2-8(14)6-12/h4-5,8,14H,2-3,6H2,1H3/t8-/m1/s1. The average molecular weight is 223 g/mol. The third-order valence-corrected chi connectivity index (χ3v) is 2.75. The number of hydrogen-bond acceptors (Lipinski definition) is 5. The fourth-order valence-corrected chi connectivity index (χ4v) is 1.85. The van der Waals surface area contributed by atoms with E-state index in [-0.39, 0.29) is 11.8 Å². The summed E-state index contributed by atoms with van der Waals surface area (Å²) in [7, 11) is 0. The molecule has 1 atom stereocenters. The quantitative estimate of drug-likeness (QED) is 0.594. The molecule has 0 amide bonds. The second-order valence-electron chi connectivity index (χ2n) is 3.97. The van der Waals surface area contributed by atoms with E-state index in [9.17, 15) is 15.2 Å². The van der Waals surface area contributed by atoms with Crippen LogP contribution in [-0.2, 0) is 0 Å². The molecule has 2 rings (SSSR count). The van der Waals surface area contributed by atoms with Gasteiger partial charge in [0.1, 0.15) is 12.0 Å². The van der Waals surface area contributed by atoms with Crippen molar-refractivity contribution in [3.63, 3.8) is 0 Å². The van der Waals surface area contributed by atoms with E-state index < -0.39 is 4.92 Å². The van der Waals surface area contributed by atoms with Gasteiger partial charge in [-0.05, 0) is 19.4 Å². The zero-order chi connectivity index (χ0) is 11.7. The number of aliphatic hydroxyl groups is 1. The highest BCUT2D eigenvalue weighted by Gasteiger charge is 2.22. The van der Waals surface area contributed by atoms with E-state index in [1.807, 2.05) is 4.90 Å². The molecule has 0 spiro atoms. The third kappa shape index (κ3) is 1.96. The van der Waals surface area contributed by atoms with Crippen LogP contribution in [0.5, 0.6) is 0 Å². The molecule has 1 aliphatic heterocycles. The highest BCUT2D eigenvalue weighted by Crippen LogP contribution is 2.23. The molecule has 1 N–H and O–H groups in total. The molecule has 0 aromatic carbocycles. The van der Waals surface area contributed by atoms with Crippen LogP contribution in [-0.4, -0.2) is 34.2 Å². The maximum Gasteiger partial charge on any atom is 0.290 e. The van der Waals surface area contributed by atoms with Crippen molar-refractivity contribution in [3.8, 4) is 0 Å². The lowest BCUT2D eigenvalue weighted by Crippen LogP contribution is -2.22. The van der Waals surface area contributed by atoms with Crippen molar-refractivity contribution in [1.82, 2.24) is 4.98 Å². The van der Waals surface area contributed by atoms with Crippen LogP contribution in [0.4, 0.5) is 11.5 Å². The topological polar surface area (TPSA) is 79.5 Å². The lowest BCUT2D eigenvalue weighted by molar-refractivity contribution is -0.385. The van der Waals surface area contributed by atoms with Gasteiger partial charge in [0.15, 0.2) is 0 Å². The smallest absolute Gasteiger partial charge is 0.290 e. The Morgan fingerprint density at radius 2 is 2.44 bits per heavy atom. The average Bonchev–Trinajstić information content (AvgIpc) is 2.64. The Balaban J connectivity index is 2.24. The normalized spacial score (nSPS) is 20.1. The molecule has 0 aliphatic carbocycles. The molecule has 1 aliphatic rings. The summed E-state index contributed by atoms with van der Waals surface area (Å²) in [4.78, 5) is 16.2. The molecule has 0 radical (unpaired) electrons. The molecule has 1 aromatic rings. The number of anilines is 1. The Morgan fingerprint density at radius 3 is 2.94 bits per heavy atom. The first-order chi connectivity index (χ1) is 7.58. The van der Waals surface area contributed by atoms with Crippen LogP contribution in [0.25, 0.3) is 0 Å². The SMILES string of the molecule is Cc1cc(N2CC[C@@H](O)C2)ncc1[N+](=O)[O-]. The monoisotopic (exact) mass is 223 g/mol. The molecule has 2 heterocycles. The van der Waals surface area contributed by atoms with Crippen LogP contribution in [0, 0.1) is 17.0 Å². The number of nitrogens with zero attached hydrogens (tertiary/aromatic N) is 3. The van der Waals surface area contributed by atoms with Crippen molar-refractivity contribution < 1.29 is 10.0 Å². The number of nitro groups is 1. The van der Waals surface area contributed by atoms with E-state index in [4.69, 9.17) is 0 Å². The highest BCUT2D eigenvalue weighted by molar-refractivity contribution is 5.49. The molecule has 1 aromatic heterocycles. The molecule has 1 saturated heterocycles. The minimum atomic E-state index is -0.440. The summed E-state index contributed by atoms with van der Waals surface area (Å²) >= 11 is 0. The minimum Gasteiger partial charge on any atom is -0.391 e. The van der Waals surface area contributed by atoms with Crippen molar-refractivity contribution in [2.45, 2.75) is 19.4 Å². The van der Waals surface area contributed by atoms with Gasteiger partial charge >= 0.3 is 0 Å². The van der Waals surface area contributed by atoms with Gasteiger partial charge in [-0.3, -0.25) is 10.1 Å². The van der Waals surface area contributed by atoms with Gasteiger partial charge in [-0.25, -0.2) is 4.98 Å². The van der Waals surface area contributed by atoms with E-state index in [1.54, 1.807) is 13.0 Å². The van der Waals surface area contributed by atoms with Gasteiger partial charge in [-0.1, -0.05) is 0 Å². The molecule has 0 saturated carbocycles. The first kappa shape index (κ1) is 10.8.